The number of unbranched alkanes of at least 4 members (excludes halogenated alkanes) is 20. The first kappa shape index (κ1) is 58.9. The highest BCUT2D eigenvalue weighted by atomic mass is 31.2. The number of esters is 1. The fourth-order valence-electron chi connectivity index (χ4n) is 6.51. The van der Waals surface area contributed by atoms with Crippen molar-refractivity contribution in [1.29, 1.82) is 0 Å². The largest absolute Gasteiger partial charge is 0.472 e. The molecule has 0 saturated carbocycles. The molecule has 0 rings (SSSR count). The number of carbonyl (C=O) groups is 1. The number of hydrogen-bond acceptors (Lipinski definition) is 6. The monoisotopic (exact) mass is 877 g/mol. The van der Waals surface area contributed by atoms with Gasteiger partial charge in [-0.1, -0.05) is 196 Å². The number of carbonyl (C=O) groups excluding carboxylic acids is 1. The summed E-state index contributed by atoms with van der Waals surface area (Å²) in [6.07, 6.45) is 58.5. The van der Waals surface area contributed by atoms with Gasteiger partial charge in [0.25, 0.3) is 0 Å². The smallest absolute Gasteiger partial charge is 0.457 e. The Balaban J connectivity index is 4.20. The number of rotatable bonds is 45. The van der Waals surface area contributed by atoms with Crippen LogP contribution in [0.3, 0.4) is 0 Å². The molecule has 0 radical (unpaired) electrons. The SMILES string of the molecule is CC/C=C\C/C=C\C/C=C\C/C=C\C/C=C\CC(=O)OC(COCCCCCCCCCCCCCC/C=C\CCCCCCCCCC)COP(=O)(O)OCC[N+](C)(C)C. The Hall–Kier alpha value is -2.06. The third kappa shape index (κ3) is 48.8. The van der Waals surface area contributed by atoms with Gasteiger partial charge < -0.3 is 18.9 Å². The van der Waals surface area contributed by atoms with Crippen LogP contribution in [-0.4, -0.2) is 75.6 Å². The number of quaternary nitrogens is 1. The predicted molar refractivity (Wildman–Crippen MR) is 261 cm³/mol. The summed E-state index contributed by atoms with van der Waals surface area (Å²) >= 11 is 0. The van der Waals surface area contributed by atoms with Gasteiger partial charge in [-0.05, 0) is 64.2 Å². The summed E-state index contributed by atoms with van der Waals surface area (Å²) in [7, 11) is 1.61. The number of allylic oxidation sites excluding steroid dienone is 11. The molecule has 8 nitrogen and oxygen atoms in total. The van der Waals surface area contributed by atoms with Gasteiger partial charge in [-0.15, -0.1) is 0 Å². The van der Waals surface area contributed by atoms with Crippen LogP contribution in [0.5, 0.6) is 0 Å². The van der Waals surface area contributed by atoms with E-state index in [-0.39, 0.29) is 26.2 Å². The number of ether oxygens (including phenoxy) is 2. The van der Waals surface area contributed by atoms with E-state index in [1.807, 2.05) is 27.2 Å². The topological polar surface area (TPSA) is 91.3 Å². The minimum Gasteiger partial charge on any atom is -0.457 e. The van der Waals surface area contributed by atoms with Crippen LogP contribution < -0.4 is 0 Å². The van der Waals surface area contributed by atoms with E-state index in [1.165, 1.54) is 128 Å². The summed E-state index contributed by atoms with van der Waals surface area (Å²) in [5.41, 5.74) is 0. The number of phosphoric ester groups is 1. The number of phosphoric acid groups is 1. The van der Waals surface area contributed by atoms with Gasteiger partial charge in [0.2, 0.25) is 0 Å². The molecule has 9 heteroatoms. The molecule has 0 fully saturated rings. The molecule has 0 aliphatic heterocycles. The molecule has 0 aliphatic rings. The molecule has 0 spiro atoms. The van der Waals surface area contributed by atoms with Gasteiger partial charge >= 0.3 is 13.8 Å². The zero-order valence-corrected chi connectivity index (χ0v) is 41.0. The summed E-state index contributed by atoms with van der Waals surface area (Å²) in [6, 6.07) is 0. The van der Waals surface area contributed by atoms with Crippen LogP contribution in [-0.2, 0) is 27.9 Å². The Morgan fingerprint density at radius 3 is 1.41 bits per heavy atom. The molecule has 2 atom stereocenters. The van der Waals surface area contributed by atoms with Gasteiger partial charge in [0.05, 0.1) is 40.8 Å². The molecule has 0 aromatic carbocycles. The molecular weight excluding hydrogens is 782 g/mol. The lowest BCUT2D eigenvalue weighted by Crippen LogP contribution is -2.37. The third-order valence-electron chi connectivity index (χ3n) is 10.3. The van der Waals surface area contributed by atoms with E-state index in [0.717, 1.165) is 44.9 Å². The molecular formula is C52H95NO7P+. The van der Waals surface area contributed by atoms with E-state index < -0.39 is 19.9 Å². The second-order valence-electron chi connectivity index (χ2n) is 17.5. The number of likely N-dealkylation sites (N-methyl/N-ethyl adjacent to an activating group) is 1. The maximum absolute atomic E-state index is 12.7. The average molecular weight is 877 g/mol. The fourth-order valence-corrected chi connectivity index (χ4v) is 7.25. The molecule has 0 bridgehead atoms. The summed E-state index contributed by atoms with van der Waals surface area (Å²) in [4.78, 5) is 22.9. The maximum Gasteiger partial charge on any atom is 0.472 e. The lowest BCUT2D eigenvalue weighted by atomic mass is 10.0. The first-order valence-electron chi connectivity index (χ1n) is 24.7. The molecule has 354 valence electrons. The quantitative estimate of drug-likeness (QED) is 0.0214. The van der Waals surface area contributed by atoms with E-state index in [1.54, 1.807) is 6.08 Å². The first-order valence-corrected chi connectivity index (χ1v) is 26.2. The van der Waals surface area contributed by atoms with Crippen molar-refractivity contribution in [3.05, 3.63) is 72.9 Å². The second kappa shape index (κ2) is 44.5. The van der Waals surface area contributed by atoms with E-state index in [0.29, 0.717) is 17.6 Å². The highest BCUT2D eigenvalue weighted by molar-refractivity contribution is 7.47. The Bertz CT molecular complexity index is 1200. The third-order valence-corrected chi connectivity index (χ3v) is 11.3. The number of nitrogens with zero attached hydrogens (tertiary/aromatic N) is 1. The molecule has 0 amide bonds. The normalized spacial score (nSPS) is 14.3. The number of hydrogen-bond donors (Lipinski definition) is 1. The molecule has 1 N–H and O–H groups in total. The molecule has 0 saturated heterocycles. The van der Waals surface area contributed by atoms with E-state index in [9.17, 15) is 14.3 Å². The molecule has 2 unspecified atom stereocenters. The first-order chi connectivity index (χ1) is 29.6. The standard InChI is InChI=1S/C52H94NO7P/c1-6-8-10-12-14-16-18-20-22-23-24-25-26-27-28-29-30-32-34-36-38-40-42-44-47-57-49-51(50-59-61(55,56)58-48-46-53(3,4)5)60-52(54)45-43-41-39-37-35-33-31-21-19-17-15-13-11-9-7-2/h9,11,15,17,21,23-24,31,35,37,41,43,51H,6-8,10,12-14,16,18-20,22,25-30,32-34,36,38-40,42,44-50H2,1-5H3/p+1/b11-9-,17-15-,24-23-,31-21-,37-35-,43-41-. The second-order valence-corrected chi connectivity index (χ2v) is 18.9. The van der Waals surface area contributed by atoms with Crippen LogP contribution >= 0.6 is 7.82 Å². The molecule has 0 aromatic rings. The van der Waals surface area contributed by atoms with Crippen LogP contribution in [0.4, 0.5) is 0 Å². The van der Waals surface area contributed by atoms with E-state index in [2.05, 4.69) is 74.6 Å². The van der Waals surface area contributed by atoms with Crippen LogP contribution in [0.15, 0.2) is 72.9 Å². The lowest BCUT2D eigenvalue weighted by Gasteiger charge is -2.24. The van der Waals surface area contributed by atoms with Gasteiger partial charge in [-0.3, -0.25) is 13.8 Å². The van der Waals surface area contributed by atoms with Crippen molar-refractivity contribution in [3.8, 4) is 0 Å². The Kier molecular flexibility index (Phi) is 43.0. The minimum atomic E-state index is -4.31. The van der Waals surface area contributed by atoms with Gasteiger partial charge in [-0.25, -0.2) is 4.57 Å². The Morgan fingerprint density at radius 1 is 0.525 bits per heavy atom. The van der Waals surface area contributed by atoms with E-state index in [4.69, 9.17) is 18.5 Å². The van der Waals surface area contributed by atoms with Gasteiger partial charge in [0.1, 0.15) is 19.3 Å². The molecule has 0 aliphatic carbocycles. The highest BCUT2D eigenvalue weighted by Gasteiger charge is 2.26. The summed E-state index contributed by atoms with van der Waals surface area (Å²) in [6.45, 7) is 5.37. The van der Waals surface area contributed by atoms with Gasteiger partial charge in [0, 0.05) is 6.61 Å². The van der Waals surface area contributed by atoms with Crippen LogP contribution in [0, 0.1) is 0 Å². The summed E-state index contributed by atoms with van der Waals surface area (Å²) < 4.78 is 34.9. The maximum atomic E-state index is 12.7. The average Bonchev–Trinajstić information content (AvgIpc) is 3.22. The van der Waals surface area contributed by atoms with Crippen LogP contribution in [0.25, 0.3) is 0 Å². The Morgan fingerprint density at radius 2 is 0.951 bits per heavy atom. The Labute approximate surface area is 376 Å². The molecule has 0 aromatic heterocycles. The van der Waals surface area contributed by atoms with Crippen molar-refractivity contribution in [3.63, 3.8) is 0 Å². The van der Waals surface area contributed by atoms with Crippen molar-refractivity contribution < 1.29 is 37.3 Å². The lowest BCUT2D eigenvalue weighted by molar-refractivity contribution is -0.870. The summed E-state index contributed by atoms with van der Waals surface area (Å²) in [5.74, 6) is -0.440. The van der Waals surface area contributed by atoms with Crippen LogP contribution in [0.1, 0.15) is 194 Å². The fraction of sp³-hybridized carbons (Fsp3) is 0.750. The zero-order chi connectivity index (χ0) is 44.8. The minimum absolute atomic E-state index is 0.0695. The van der Waals surface area contributed by atoms with Crippen molar-refractivity contribution in [1.82, 2.24) is 0 Å². The van der Waals surface area contributed by atoms with Crippen molar-refractivity contribution in [2.75, 3.05) is 54.1 Å². The van der Waals surface area contributed by atoms with Crippen LogP contribution in [0.2, 0.25) is 0 Å². The van der Waals surface area contributed by atoms with Gasteiger partial charge in [0.15, 0.2) is 0 Å². The zero-order valence-electron chi connectivity index (χ0n) is 40.1. The summed E-state index contributed by atoms with van der Waals surface area (Å²) in [5, 5.41) is 0. The van der Waals surface area contributed by atoms with Crippen molar-refractivity contribution in [2.45, 2.75) is 200 Å². The molecule has 0 heterocycles. The van der Waals surface area contributed by atoms with Crippen molar-refractivity contribution >= 4 is 13.8 Å². The van der Waals surface area contributed by atoms with E-state index >= 15 is 0 Å². The predicted octanol–water partition coefficient (Wildman–Crippen LogP) is 15.1. The highest BCUT2D eigenvalue weighted by Crippen LogP contribution is 2.43. The van der Waals surface area contributed by atoms with Crippen molar-refractivity contribution in [2.24, 2.45) is 0 Å². The molecule has 61 heavy (non-hydrogen) atoms. The van der Waals surface area contributed by atoms with Gasteiger partial charge in [-0.2, -0.15) is 0 Å².